The molecule has 0 spiro atoms. The van der Waals surface area contributed by atoms with E-state index in [9.17, 15) is 17.6 Å². The summed E-state index contributed by atoms with van der Waals surface area (Å²) in [7, 11) is -3.52. The smallest absolute Gasteiger partial charge is 0.243 e. The summed E-state index contributed by atoms with van der Waals surface area (Å²) in [6.45, 7) is 1.08. The molecule has 0 saturated carbocycles. The van der Waals surface area contributed by atoms with Crippen LogP contribution < -0.4 is 5.32 Å². The molecule has 10 heteroatoms. The van der Waals surface area contributed by atoms with Gasteiger partial charge in [-0.2, -0.15) is 4.31 Å². The molecule has 3 aromatic rings. The van der Waals surface area contributed by atoms with Gasteiger partial charge in [0.2, 0.25) is 15.9 Å². The number of hydrogen-bond acceptors (Lipinski definition) is 5. The minimum Gasteiger partial charge on any atom is -0.302 e. The zero-order valence-corrected chi connectivity index (χ0v) is 19.6. The van der Waals surface area contributed by atoms with E-state index in [0.29, 0.717) is 34.0 Å². The average molecular weight is 524 g/mol. The average Bonchev–Trinajstić information content (AvgIpc) is 3.44. The molecular formula is C21H19BrFN3O3S2. The van der Waals surface area contributed by atoms with E-state index in [0.717, 1.165) is 12.8 Å². The van der Waals surface area contributed by atoms with Crippen LogP contribution in [0.4, 0.5) is 9.52 Å². The molecule has 1 N–H and O–H groups in total. The Kier molecular flexibility index (Phi) is 6.52. The van der Waals surface area contributed by atoms with E-state index in [1.54, 1.807) is 47.8 Å². The van der Waals surface area contributed by atoms with Gasteiger partial charge >= 0.3 is 0 Å². The topological polar surface area (TPSA) is 79.4 Å². The van der Waals surface area contributed by atoms with Crippen molar-refractivity contribution in [3.63, 3.8) is 0 Å². The minimum absolute atomic E-state index is 0.121. The Labute approximate surface area is 192 Å². The van der Waals surface area contributed by atoms with Gasteiger partial charge in [0.1, 0.15) is 5.82 Å². The van der Waals surface area contributed by atoms with Crippen LogP contribution in [0.3, 0.4) is 0 Å². The molecule has 1 saturated heterocycles. The van der Waals surface area contributed by atoms with Crippen molar-refractivity contribution >= 4 is 48.3 Å². The molecule has 162 valence electrons. The minimum atomic E-state index is -3.52. The maximum absolute atomic E-state index is 14.1. The second-order valence-corrected chi connectivity index (χ2v) is 10.8. The number of nitrogens with one attached hydrogen (secondary N) is 1. The summed E-state index contributed by atoms with van der Waals surface area (Å²) >= 11 is 4.33. The van der Waals surface area contributed by atoms with Crippen LogP contribution in [0.2, 0.25) is 0 Å². The van der Waals surface area contributed by atoms with Crippen molar-refractivity contribution in [3.8, 4) is 11.3 Å². The van der Waals surface area contributed by atoms with Crippen LogP contribution in [0, 0.1) is 5.82 Å². The number of anilines is 1. The highest BCUT2D eigenvalue weighted by Crippen LogP contribution is 2.29. The maximum Gasteiger partial charge on any atom is 0.243 e. The number of halogens is 2. The molecule has 0 atom stereocenters. The lowest BCUT2D eigenvalue weighted by Crippen LogP contribution is -2.27. The first kappa shape index (κ1) is 22.1. The van der Waals surface area contributed by atoms with E-state index in [2.05, 4.69) is 26.2 Å². The predicted molar refractivity (Wildman–Crippen MR) is 122 cm³/mol. The number of thiazole rings is 1. The van der Waals surface area contributed by atoms with Gasteiger partial charge in [-0.1, -0.05) is 24.3 Å². The quantitative estimate of drug-likeness (QED) is 0.508. The molecule has 1 amide bonds. The van der Waals surface area contributed by atoms with Crippen molar-refractivity contribution < 1.29 is 17.6 Å². The van der Waals surface area contributed by atoms with Crippen molar-refractivity contribution in [2.24, 2.45) is 0 Å². The molecule has 0 unspecified atom stereocenters. The highest BCUT2D eigenvalue weighted by Gasteiger charge is 2.27. The molecule has 2 aromatic carbocycles. The van der Waals surface area contributed by atoms with Crippen molar-refractivity contribution in [1.29, 1.82) is 0 Å². The highest BCUT2D eigenvalue weighted by molar-refractivity contribution is 9.10. The molecule has 31 heavy (non-hydrogen) atoms. The third-order valence-corrected chi connectivity index (χ3v) is 8.23. The molecule has 4 rings (SSSR count). The molecule has 1 aromatic heterocycles. The summed E-state index contributed by atoms with van der Waals surface area (Å²) in [6, 6.07) is 11.4. The molecule has 2 heterocycles. The van der Waals surface area contributed by atoms with Gasteiger partial charge in [-0.15, -0.1) is 11.3 Å². The van der Waals surface area contributed by atoms with Gasteiger partial charge in [0.05, 0.1) is 21.5 Å². The Morgan fingerprint density at radius 1 is 1.19 bits per heavy atom. The monoisotopic (exact) mass is 523 g/mol. The van der Waals surface area contributed by atoms with Gasteiger partial charge in [-0.3, -0.25) is 4.79 Å². The van der Waals surface area contributed by atoms with Crippen LogP contribution in [0.25, 0.3) is 11.3 Å². The first-order chi connectivity index (χ1) is 14.8. The summed E-state index contributed by atoms with van der Waals surface area (Å²) in [5, 5.41) is 4.79. The fourth-order valence-electron chi connectivity index (χ4n) is 3.38. The Morgan fingerprint density at radius 3 is 2.71 bits per heavy atom. The van der Waals surface area contributed by atoms with Crippen molar-refractivity contribution in [1.82, 2.24) is 9.29 Å². The molecule has 6 nitrogen and oxygen atoms in total. The van der Waals surface area contributed by atoms with Gasteiger partial charge < -0.3 is 5.32 Å². The zero-order valence-electron chi connectivity index (χ0n) is 16.3. The highest BCUT2D eigenvalue weighted by atomic mass is 79.9. The van der Waals surface area contributed by atoms with Crippen molar-refractivity contribution in [2.75, 3.05) is 18.4 Å². The van der Waals surface area contributed by atoms with Crippen LogP contribution >= 0.6 is 27.3 Å². The summed E-state index contributed by atoms with van der Waals surface area (Å²) in [4.78, 5) is 16.9. The Balaban J connectivity index is 1.49. The fraction of sp³-hybridized carbons (Fsp3) is 0.238. The zero-order chi connectivity index (χ0) is 22.0. The molecule has 0 radical (unpaired) electrons. The summed E-state index contributed by atoms with van der Waals surface area (Å²) in [5.74, 6) is -0.850. The van der Waals surface area contributed by atoms with Crippen LogP contribution in [0.15, 0.2) is 57.2 Å². The number of amides is 1. The third kappa shape index (κ3) is 4.87. The van der Waals surface area contributed by atoms with Crippen LogP contribution in [-0.4, -0.2) is 36.7 Å². The summed E-state index contributed by atoms with van der Waals surface area (Å²) < 4.78 is 41.5. The predicted octanol–water partition coefficient (Wildman–Crippen LogP) is 4.68. The number of hydrogen-bond donors (Lipinski definition) is 1. The number of carbonyl (C=O) groups is 1. The first-order valence-electron chi connectivity index (χ1n) is 9.63. The Morgan fingerprint density at radius 2 is 1.94 bits per heavy atom. The Bertz CT molecular complexity index is 1220. The first-order valence-corrected chi connectivity index (χ1v) is 12.7. The molecule has 1 fully saturated rings. The maximum atomic E-state index is 14.1. The fourth-order valence-corrected chi connectivity index (χ4v) is 6.09. The van der Waals surface area contributed by atoms with E-state index >= 15 is 0 Å². The second-order valence-electron chi connectivity index (χ2n) is 7.11. The number of aromatic nitrogens is 1. The number of sulfonamides is 1. The molecule has 1 aliphatic rings. The molecule has 0 aliphatic carbocycles. The Hall–Kier alpha value is -2.14. The van der Waals surface area contributed by atoms with Crippen molar-refractivity contribution in [3.05, 3.63) is 63.7 Å². The number of benzene rings is 2. The number of nitrogens with zero attached hydrogens (tertiary/aromatic N) is 2. The van der Waals surface area contributed by atoms with Crippen LogP contribution in [0.5, 0.6) is 0 Å². The van der Waals surface area contributed by atoms with Gasteiger partial charge in [0, 0.05) is 24.0 Å². The lowest BCUT2D eigenvalue weighted by molar-refractivity contribution is -0.115. The lowest BCUT2D eigenvalue weighted by Gasteiger charge is -2.15. The van der Waals surface area contributed by atoms with E-state index in [4.69, 9.17) is 0 Å². The van der Waals surface area contributed by atoms with Crippen molar-refractivity contribution in [2.45, 2.75) is 24.2 Å². The van der Waals surface area contributed by atoms with Gasteiger partial charge in [0.25, 0.3) is 0 Å². The normalized spacial score (nSPS) is 14.6. The number of carbonyl (C=O) groups excluding carboxylic acids is 1. The van der Waals surface area contributed by atoms with Gasteiger partial charge in [-0.05, 0) is 52.5 Å². The van der Waals surface area contributed by atoms with Gasteiger partial charge in [0.15, 0.2) is 5.13 Å². The van der Waals surface area contributed by atoms with Crippen LogP contribution in [-0.2, 0) is 21.2 Å². The van der Waals surface area contributed by atoms with E-state index in [1.807, 2.05) is 0 Å². The largest absolute Gasteiger partial charge is 0.302 e. The SMILES string of the molecule is O=C(Cc1cccc(Br)c1F)Nc1nc(-c2cccc(S(=O)(=O)N3CCCC3)c2)cs1. The molecule has 1 aliphatic heterocycles. The molecule has 0 bridgehead atoms. The third-order valence-electron chi connectivity index (χ3n) is 4.97. The second kappa shape index (κ2) is 9.15. The lowest BCUT2D eigenvalue weighted by atomic mass is 10.1. The van der Waals surface area contributed by atoms with Crippen LogP contribution in [0.1, 0.15) is 18.4 Å². The van der Waals surface area contributed by atoms with Gasteiger partial charge in [-0.25, -0.2) is 17.8 Å². The molecular weight excluding hydrogens is 505 g/mol. The summed E-state index contributed by atoms with van der Waals surface area (Å²) in [6.07, 6.45) is 1.62. The van der Waals surface area contributed by atoms with E-state index < -0.39 is 15.8 Å². The standard InChI is InChI=1S/C21H19BrFN3O3S2/c22-17-8-4-6-15(20(17)23)12-19(27)25-21-24-18(13-30-21)14-5-3-7-16(11-14)31(28,29)26-9-1-2-10-26/h3-8,11,13H,1-2,9-10,12H2,(H,24,25,27). The van der Waals surface area contributed by atoms with E-state index in [-0.39, 0.29) is 22.8 Å². The number of rotatable bonds is 6. The van der Waals surface area contributed by atoms with E-state index in [1.165, 1.54) is 15.6 Å². The summed E-state index contributed by atoms with van der Waals surface area (Å²) in [5.41, 5.74) is 1.49.